The average Bonchev–Trinajstić information content (AvgIpc) is 2.93. The van der Waals surface area contributed by atoms with Gasteiger partial charge in [-0.1, -0.05) is 54.1 Å². The molecule has 1 aliphatic rings. The van der Waals surface area contributed by atoms with Crippen LogP contribution in [0, 0.1) is 0 Å². The molecule has 0 saturated heterocycles. The largest absolute Gasteiger partial charge is 0.277 e. The molecular weight excluding hydrogens is 272 g/mol. The molecule has 0 bridgehead atoms. The van der Waals surface area contributed by atoms with Crippen LogP contribution in [0.25, 0.3) is 0 Å². The van der Waals surface area contributed by atoms with Crippen molar-refractivity contribution in [2.24, 2.45) is 5.10 Å². The minimum atomic E-state index is -0.0284. The Morgan fingerprint density at radius 3 is 2.45 bits per heavy atom. The molecule has 1 atom stereocenters. The van der Waals surface area contributed by atoms with E-state index in [4.69, 9.17) is 11.6 Å². The fraction of sp³-hybridized carbons (Fsp3) is 0.125. The van der Waals surface area contributed by atoms with Gasteiger partial charge in [0.25, 0.3) is 0 Å². The van der Waals surface area contributed by atoms with Crippen LogP contribution in [0.5, 0.6) is 0 Å². The molecule has 0 aliphatic carbocycles. The third kappa shape index (κ3) is 2.45. The zero-order valence-corrected chi connectivity index (χ0v) is 11.5. The summed E-state index contributed by atoms with van der Waals surface area (Å²) in [5.74, 6) is 0. The van der Waals surface area contributed by atoms with E-state index < -0.39 is 0 Å². The fourth-order valence-electron chi connectivity index (χ4n) is 2.39. The topological polar surface area (TPSA) is 32.7 Å². The number of carbonyl (C=O) groups is 1. The van der Waals surface area contributed by atoms with Gasteiger partial charge in [0.15, 0.2) is 0 Å². The van der Waals surface area contributed by atoms with Gasteiger partial charge in [-0.3, -0.25) is 4.79 Å². The number of benzene rings is 2. The van der Waals surface area contributed by atoms with Crippen LogP contribution in [0.3, 0.4) is 0 Å². The molecule has 0 fully saturated rings. The Bertz CT molecular complexity index is 637. The van der Waals surface area contributed by atoms with Crippen molar-refractivity contribution in [3.05, 3.63) is 70.7 Å². The van der Waals surface area contributed by atoms with Crippen LogP contribution in [0.4, 0.5) is 0 Å². The molecule has 4 heteroatoms. The second-order valence-electron chi connectivity index (χ2n) is 4.67. The number of hydrazone groups is 1. The van der Waals surface area contributed by atoms with E-state index in [-0.39, 0.29) is 6.04 Å². The second-order valence-corrected chi connectivity index (χ2v) is 5.11. The van der Waals surface area contributed by atoms with Crippen LogP contribution < -0.4 is 0 Å². The molecule has 0 aromatic heterocycles. The molecule has 100 valence electrons. The smallest absolute Gasteiger partial charge is 0.230 e. The third-order valence-electron chi connectivity index (χ3n) is 3.41. The molecule has 0 N–H and O–H groups in total. The zero-order chi connectivity index (χ0) is 13.9. The SMILES string of the molecule is O=CN1N=C(c2ccc(Cl)cc2)CC1c1ccccc1. The Morgan fingerprint density at radius 2 is 1.80 bits per heavy atom. The lowest BCUT2D eigenvalue weighted by Crippen LogP contribution is -2.17. The lowest BCUT2D eigenvalue weighted by Gasteiger charge is -2.16. The van der Waals surface area contributed by atoms with E-state index in [0.29, 0.717) is 11.4 Å². The first kappa shape index (κ1) is 12.9. The fourth-order valence-corrected chi connectivity index (χ4v) is 2.51. The van der Waals surface area contributed by atoms with Gasteiger partial charge in [-0.05, 0) is 23.3 Å². The van der Waals surface area contributed by atoms with Crippen molar-refractivity contribution in [2.75, 3.05) is 0 Å². The van der Waals surface area contributed by atoms with Gasteiger partial charge in [0, 0.05) is 11.4 Å². The molecule has 20 heavy (non-hydrogen) atoms. The van der Waals surface area contributed by atoms with Gasteiger partial charge in [0.05, 0.1) is 11.8 Å². The molecular formula is C16H13ClN2O. The van der Waals surface area contributed by atoms with E-state index >= 15 is 0 Å². The summed E-state index contributed by atoms with van der Waals surface area (Å²) in [5, 5.41) is 6.58. The van der Waals surface area contributed by atoms with Crippen molar-refractivity contribution in [1.29, 1.82) is 0 Å². The van der Waals surface area contributed by atoms with Crippen molar-refractivity contribution in [3.8, 4) is 0 Å². The van der Waals surface area contributed by atoms with Gasteiger partial charge in [0.1, 0.15) is 0 Å². The summed E-state index contributed by atoms with van der Waals surface area (Å²) in [6.45, 7) is 0. The van der Waals surface area contributed by atoms with Crippen LogP contribution in [0.1, 0.15) is 23.6 Å². The van der Waals surface area contributed by atoms with Gasteiger partial charge in [-0.15, -0.1) is 0 Å². The predicted molar refractivity (Wildman–Crippen MR) is 79.7 cm³/mol. The Labute approximate surface area is 122 Å². The van der Waals surface area contributed by atoms with Gasteiger partial charge < -0.3 is 0 Å². The van der Waals surface area contributed by atoms with Crippen LogP contribution in [0.2, 0.25) is 5.02 Å². The Hall–Kier alpha value is -2.13. The zero-order valence-electron chi connectivity index (χ0n) is 10.7. The second kappa shape index (κ2) is 5.47. The van der Waals surface area contributed by atoms with E-state index in [2.05, 4.69) is 5.10 Å². The molecule has 1 heterocycles. The monoisotopic (exact) mass is 284 g/mol. The predicted octanol–water partition coefficient (Wildman–Crippen LogP) is 3.65. The molecule has 2 aromatic rings. The lowest BCUT2D eigenvalue weighted by molar-refractivity contribution is -0.119. The Kier molecular flexibility index (Phi) is 3.52. The van der Waals surface area contributed by atoms with Crippen LogP contribution >= 0.6 is 11.6 Å². The van der Waals surface area contributed by atoms with Crippen molar-refractivity contribution in [1.82, 2.24) is 5.01 Å². The quantitative estimate of drug-likeness (QED) is 0.792. The van der Waals surface area contributed by atoms with E-state index in [9.17, 15) is 4.79 Å². The Morgan fingerprint density at radius 1 is 1.10 bits per heavy atom. The van der Waals surface area contributed by atoms with Crippen molar-refractivity contribution in [2.45, 2.75) is 12.5 Å². The van der Waals surface area contributed by atoms with E-state index in [1.807, 2.05) is 54.6 Å². The number of carbonyl (C=O) groups excluding carboxylic acids is 1. The van der Waals surface area contributed by atoms with Gasteiger partial charge in [-0.2, -0.15) is 5.10 Å². The standard InChI is InChI=1S/C16H13ClN2O/c17-14-8-6-12(7-9-14)15-10-16(19(11-20)18-15)13-4-2-1-3-5-13/h1-9,11,16H,10H2. The molecule has 0 saturated carbocycles. The first-order chi connectivity index (χ1) is 9.78. The van der Waals surface area contributed by atoms with Gasteiger partial charge >= 0.3 is 0 Å². The summed E-state index contributed by atoms with van der Waals surface area (Å²) in [7, 11) is 0. The van der Waals surface area contributed by atoms with E-state index in [1.165, 1.54) is 5.01 Å². The first-order valence-corrected chi connectivity index (χ1v) is 6.78. The van der Waals surface area contributed by atoms with Gasteiger partial charge in [0.2, 0.25) is 6.41 Å². The summed E-state index contributed by atoms with van der Waals surface area (Å²) in [4.78, 5) is 11.2. The summed E-state index contributed by atoms with van der Waals surface area (Å²) in [6.07, 6.45) is 1.49. The average molecular weight is 285 g/mol. The number of hydrogen-bond donors (Lipinski definition) is 0. The Balaban J connectivity index is 1.89. The highest BCUT2D eigenvalue weighted by atomic mass is 35.5. The first-order valence-electron chi connectivity index (χ1n) is 6.40. The molecule has 1 unspecified atom stereocenters. The molecule has 2 aromatic carbocycles. The number of nitrogens with zero attached hydrogens (tertiary/aromatic N) is 2. The van der Waals surface area contributed by atoms with Crippen molar-refractivity contribution in [3.63, 3.8) is 0 Å². The normalized spacial score (nSPS) is 17.9. The van der Waals surface area contributed by atoms with Crippen molar-refractivity contribution >= 4 is 23.7 Å². The number of amides is 1. The van der Waals surface area contributed by atoms with Gasteiger partial charge in [-0.25, -0.2) is 5.01 Å². The van der Waals surface area contributed by atoms with Crippen molar-refractivity contribution < 1.29 is 4.79 Å². The summed E-state index contributed by atoms with van der Waals surface area (Å²) < 4.78 is 0. The molecule has 1 aliphatic heterocycles. The molecule has 3 rings (SSSR count). The highest BCUT2D eigenvalue weighted by Crippen LogP contribution is 2.31. The van der Waals surface area contributed by atoms with Crippen LogP contribution in [-0.4, -0.2) is 17.1 Å². The number of hydrogen-bond acceptors (Lipinski definition) is 2. The molecule has 3 nitrogen and oxygen atoms in total. The maximum Gasteiger partial charge on any atom is 0.230 e. The molecule has 0 radical (unpaired) electrons. The maximum atomic E-state index is 11.2. The number of halogens is 1. The summed E-state index contributed by atoms with van der Waals surface area (Å²) in [6, 6.07) is 17.4. The third-order valence-corrected chi connectivity index (χ3v) is 3.66. The number of rotatable bonds is 3. The van der Waals surface area contributed by atoms with E-state index in [1.54, 1.807) is 0 Å². The summed E-state index contributed by atoms with van der Waals surface area (Å²) >= 11 is 5.89. The molecule has 1 amide bonds. The van der Waals surface area contributed by atoms with Crippen LogP contribution in [-0.2, 0) is 4.79 Å². The minimum Gasteiger partial charge on any atom is -0.277 e. The summed E-state index contributed by atoms with van der Waals surface area (Å²) in [5.41, 5.74) is 3.00. The van der Waals surface area contributed by atoms with E-state index in [0.717, 1.165) is 23.2 Å². The minimum absolute atomic E-state index is 0.0284. The highest BCUT2D eigenvalue weighted by molar-refractivity contribution is 6.30. The lowest BCUT2D eigenvalue weighted by atomic mass is 9.99. The molecule has 0 spiro atoms. The highest BCUT2D eigenvalue weighted by Gasteiger charge is 2.28. The maximum absolute atomic E-state index is 11.2. The van der Waals surface area contributed by atoms with Crippen LogP contribution in [0.15, 0.2) is 59.7 Å².